The lowest BCUT2D eigenvalue weighted by Gasteiger charge is -2.21. The molecule has 1 heterocycles. The Morgan fingerprint density at radius 3 is 2.50 bits per heavy atom. The summed E-state index contributed by atoms with van der Waals surface area (Å²) >= 11 is 0. The summed E-state index contributed by atoms with van der Waals surface area (Å²) in [5, 5.41) is 15.9. The normalized spacial score (nSPS) is 14.9. The van der Waals surface area contributed by atoms with E-state index in [2.05, 4.69) is 20.7 Å². The third-order valence-electron chi connectivity index (χ3n) is 4.80. The van der Waals surface area contributed by atoms with Crippen molar-refractivity contribution in [2.45, 2.75) is 32.1 Å². The molecule has 6 nitrogen and oxygen atoms in total. The lowest BCUT2D eigenvalue weighted by molar-refractivity contribution is -0.120. The molecule has 0 spiro atoms. The van der Waals surface area contributed by atoms with Crippen molar-refractivity contribution in [2.75, 3.05) is 5.32 Å². The second kappa shape index (κ2) is 7.47. The molecule has 6 heteroatoms. The van der Waals surface area contributed by atoms with E-state index in [9.17, 15) is 4.79 Å². The number of tetrazole rings is 1. The van der Waals surface area contributed by atoms with E-state index in [-0.39, 0.29) is 11.8 Å². The summed E-state index contributed by atoms with van der Waals surface area (Å²) in [6.45, 7) is 0. The van der Waals surface area contributed by atoms with Crippen LogP contribution in [0.2, 0.25) is 0 Å². The molecule has 0 radical (unpaired) electrons. The molecule has 1 aliphatic carbocycles. The largest absolute Gasteiger partial charge is 0.325 e. The molecule has 0 aliphatic heterocycles. The van der Waals surface area contributed by atoms with Crippen LogP contribution >= 0.6 is 0 Å². The Kier molecular flexibility index (Phi) is 4.73. The Balaban J connectivity index is 1.58. The van der Waals surface area contributed by atoms with Crippen molar-refractivity contribution in [3.05, 3.63) is 54.6 Å². The minimum Gasteiger partial charge on any atom is -0.325 e. The van der Waals surface area contributed by atoms with Crippen molar-refractivity contribution in [3.63, 3.8) is 0 Å². The van der Waals surface area contributed by atoms with Gasteiger partial charge in [-0.25, -0.2) is 0 Å². The summed E-state index contributed by atoms with van der Waals surface area (Å²) in [4.78, 5) is 14.1. The molecule has 1 N–H and O–H groups in total. The Hall–Kier alpha value is -3.02. The maximum atomic E-state index is 12.6. The standard InChI is InChI=1S/C20H21N5O/c26-20(15-9-3-1-4-10-15)21-18-14-8-7-13-17(18)19-22-24-25(23-19)16-11-5-2-6-12-16/h2,5-8,11-15H,1,3-4,9-10H2,(H,21,26). The molecule has 0 saturated heterocycles. The third kappa shape index (κ3) is 3.49. The number of benzene rings is 2. The van der Waals surface area contributed by atoms with Gasteiger partial charge >= 0.3 is 0 Å². The highest BCUT2D eigenvalue weighted by Gasteiger charge is 2.22. The second-order valence-corrected chi connectivity index (χ2v) is 6.61. The van der Waals surface area contributed by atoms with E-state index < -0.39 is 0 Å². The number of rotatable bonds is 4. The number of nitrogens with zero attached hydrogens (tertiary/aromatic N) is 4. The highest BCUT2D eigenvalue weighted by Crippen LogP contribution is 2.28. The number of hydrogen-bond acceptors (Lipinski definition) is 4. The number of hydrogen-bond donors (Lipinski definition) is 1. The average molecular weight is 347 g/mol. The average Bonchev–Trinajstić information content (AvgIpc) is 3.20. The Morgan fingerprint density at radius 2 is 1.69 bits per heavy atom. The first-order valence-corrected chi connectivity index (χ1v) is 9.07. The molecule has 1 amide bonds. The van der Waals surface area contributed by atoms with Crippen LogP contribution in [0.15, 0.2) is 54.6 Å². The van der Waals surface area contributed by atoms with Crippen LogP contribution in [0.1, 0.15) is 32.1 Å². The molecule has 132 valence electrons. The Morgan fingerprint density at radius 1 is 0.962 bits per heavy atom. The van der Waals surface area contributed by atoms with Gasteiger partial charge in [0.25, 0.3) is 0 Å². The molecule has 0 bridgehead atoms. The maximum Gasteiger partial charge on any atom is 0.227 e. The molecule has 1 aliphatic rings. The monoisotopic (exact) mass is 347 g/mol. The molecule has 3 aromatic rings. The van der Waals surface area contributed by atoms with Crippen LogP contribution in [-0.2, 0) is 4.79 Å². The summed E-state index contributed by atoms with van der Waals surface area (Å²) in [6.07, 6.45) is 5.43. The summed E-state index contributed by atoms with van der Waals surface area (Å²) in [7, 11) is 0. The quantitative estimate of drug-likeness (QED) is 0.778. The van der Waals surface area contributed by atoms with Gasteiger partial charge in [0, 0.05) is 11.5 Å². The minimum absolute atomic E-state index is 0.0904. The van der Waals surface area contributed by atoms with Crippen LogP contribution in [0.4, 0.5) is 5.69 Å². The third-order valence-corrected chi connectivity index (χ3v) is 4.80. The van der Waals surface area contributed by atoms with Crippen molar-refractivity contribution in [3.8, 4) is 17.1 Å². The van der Waals surface area contributed by atoms with E-state index in [1.807, 2.05) is 54.6 Å². The first-order valence-electron chi connectivity index (χ1n) is 9.07. The van der Waals surface area contributed by atoms with Crippen molar-refractivity contribution >= 4 is 11.6 Å². The molecular weight excluding hydrogens is 326 g/mol. The zero-order valence-corrected chi connectivity index (χ0v) is 14.5. The number of carbonyl (C=O) groups excluding carboxylic acids is 1. The summed E-state index contributed by atoms with van der Waals surface area (Å²) in [6, 6.07) is 17.2. The highest BCUT2D eigenvalue weighted by atomic mass is 16.1. The van der Waals surface area contributed by atoms with Gasteiger partial charge in [0.1, 0.15) is 0 Å². The zero-order chi connectivity index (χ0) is 17.8. The number of carbonyl (C=O) groups is 1. The summed E-state index contributed by atoms with van der Waals surface area (Å²) in [5.74, 6) is 0.686. The smallest absolute Gasteiger partial charge is 0.227 e. The van der Waals surface area contributed by atoms with Gasteiger partial charge < -0.3 is 5.32 Å². The molecule has 0 unspecified atom stereocenters. The second-order valence-electron chi connectivity index (χ2n) is 6.61. The highest BCUT2D eigenvalue weighted by molar-refractivity contribution is 5.96. The van der Waals surface area contributed by atoms with Crippen molar-refractivity contribution in [2.24, 2.45) is 5.92 Å². The van der Waals surface area contributed by atoms with E-state index in [4.69, 9.17) is 0 Å². The van der Waals surface area contributed by atoms with Crippen molar-refractivity contribution in [1.82, 2.24) is 20.2 Å². The summed E-state index contributed by atoms with van der Waals surface area (Å²) in [5.41, 5.74) is 2.35. The maximum absolute atomic E-state index is 12.6. The van der Waals surface area contributed by atoms with Crippen molar-refractivity contribution < 1.29 is 4.79 Å². The zero-order valence-electron chi connectivity index (χ0n) is 14.5. The fourth-order valence-corrected chi connectivity index (χ4v) is 3.38. The van der Waals surface area contributed by atoms with Crippen LogP contribution in [0.5, 0.6) is 0 Å². The predicted octanol–water partition coefficient (Wildman–Crippen LogP) is 3.85. The van der Waals surface area contributed by atoms with Gasteiger partial charge in [-0.2, -0.15) is 0 Å². The Labute approximate surface area is 152 Å². The molecule has 2 aromatic carbocycles. The molecule has 1 aromatic heterocycles. The topological polar surface area (TPSA) is 72.7 Å². The van der Waals surface area contributed by atoms with Crippen LogP contribution in [0, 0.1) is 5.92 Å². The number of nitrogens with one attached hydrogen (secondary N) is 1. The minimum atomic E-state index is 0.0904. The van der Waals surface area contributed by atoms with Gasteiger partial charge in [-0.15, -0.1) is 15.0 Å². The lowest BCUT2D eigenvalue weighted by Crippen LogP contribution is -2.25. The van der Waals surface area contributed by atoms with E-state index in [1.165, 1.54) is 11.2 Å². The number of amides is 1. The van der Waals surface area contributed by atoms with Gasteiger partial charge in [-0.3, -0.25) is 4.79 Å². The predicted molar refractivity (Wildman–Crippen MR) is 99.8 cm³/mol. The molecule has 1 saturated carbocycles. The first-order chi connectivity index (χ1) is 12.8. The molecular formula is C20H21N5O. The number of anilines is 1. The number of aromatic nitrogens is 4. The molecule has 1 fully saturated rings. The van der Waals surface area contributed by atoms with Crippen LogP contribution in [0.3, 0.4) is 0 Å². The fourth-order valence-electron chi connectivity index (χ4n) is 3.38. The lowest BCUT2D eigenvalue weighted by atomic mass is 9.88. The van der Waals surface area contributed by atoms with Crippen LogP contribution in [0.25, 0.3) is 17.1 Å². The summed E-state index contributed by atoms with van der Waals surface area (Å²) < 4.78 is 0. The van der Waals surface area contributed by atoms with Gasteiger partial charge in [-0.05, 0) is 42.3 Å². The SMILES string of the molecule is O=C(Nc1ccccc1-c1nnn(-c2ccccc2)n1)C1CCCCC1. The van der Waals surface area contributed by atoms with Gasteiger partial charge in [0.15, 0.2) is 0 Å². The van der Waals surface area contributed by atoms with Crippen molar-refractivity contribution in [1.29, 1.82) is 0 Å². The number of para-hydroxylation sites is 2. The van der Waals surface area contributed by atoms with Gasteiger partial charge in [-0.1, -0.05) is 49.6 Å². The van der Waals surface area contributed by atoms with Crippen LogP contribution < -0.4 is 5.32 Å². The van der Waals surface area contributed by atoms with E-state index in [1.54, 1.807) is 0 Å². The first kappa shape index (κ1) is 16.4. The van der Waals surface area contributed by atoms with Gasteiger partial charge in [0.2, 0.25) is 11.7 Å². The molecule has 0 atom stereocenters. The Bertz CT molecular complexity index is 884. The molecule has 26 heavy (non-hydrogen) atoms. The molecule has 4 rings (SSSR count). The van der Waals surface area contributed by atoms with Gasteiger partial charge in [0.05, 0.1) is 11.4 Å². The van der Waals surface area contributed by atoms with E-state index in [0.717, 1.165) is 42.6 Å². The van der Waals surface area contributed by atoms with E-state index >= 15 is 0 Å². The van der Waals surface area contributed by atoms with Crippen LogP contribution in [-0.4, -0.2) is 26.1 Å². The fraction of sp³-hybridized carbons (Fsp3) is 0.300. The van der Waals surface area contributed by atoms with E-state index in [0.29, 0.717) is 5.82 Å².